The van der Waals surface area contributed by atoms with E-state index in [0.717, 1.165) is 25.2 Å². The highest BCUT2D eigenvalue weighted by molar-refractivity contribution is 5.79. The van der Waals surface area contributed by atoms with Crippen molar-refractivity contribution in [3.8, 4) is 11.1 Å². The van der Waals surface area contributed by atoms with Crippen molar-refractivity contribution in [3.63, 3.8) is 0 Å². The van der Waals surface area contributed by atoms with Gasteiger partial charge in [-0.3, -0.25) is 0 Å². The first-order valence-corrected chi connectivity index (χ1v) is 10.6. The first kappa shape index (κ1) is 17.6. The molecule has 2 aliphatic carbocycles. The summed E-state index contributed by atoms with van der Waals surface area (Å²) in [5.41, 5.74) is 13.1. The minimum Gasteiger partial charge on any atom is -0.448 e. The number of ether oxygens (including phenoxy) is 1. The third kappa shape index (κ3) is 2.56. The summed E-state index contributed by atoms with van der Waals surface area (Å²) in [4.78, 5) is 14.8. The Labute approximate surface area is 176 Å². The molecule has 2 unspecified atom stereocenters. The van der Waals surface area contributed by atoms with Gasteiger partial charge in [-0.2, -0.15) is 0 Å². The molecule has 3 aromatic rings. The molecule has 1 amide bonds. The normalized spacial score (nSPS) is 23.6. The molecular weight excluding hydrogens is 372 g/mol. The minimum atomic E-state index is -0.202. The number of rotatable bonds is 3. The maximum Gasteiger partial charge on any atom is 0.409 e. The highest BCUT2D eigenvalue weighted by atomic mass is 16.6. The average Bonchev–Trinajstić information content (AvgIpc) is 3.20. The van der Waals surface area contributed by atoms with Gasteiger partial charge in [0.15, 0.2) is 0 Å². The van der Waals surface area contributed by atoms with Gasteiger partial charge in [0.05, 0.1) is 0 Å². The molecule has 1 aliphatic heterocycles. The van der Waals surface area contributed by atoms with Gasteiger partial charge in [-0.05, 0) is 52.3 Å². The Balaban J connectivity index is 1.17. The van der Waals surface area contributed by atoms with Crippen LogP contribution in [-0.2, 0) is 10.2 Å². The lowest BCUT2D eigenvalue weighted by atomic mass is 9.95. The number of fused-ring (bicyclic) bond motifs is 4. The van der Waals surface area contributed by atoms with E-state index in [9.17, 15) is 4.79 Å². The zero-order valence-corrected chi connectivity index (χ0v) is 16.8. The summed E-state index contributed by atoms with van der Waals surface area (Å²) in [6.45, 7) is 1.86. The lowest BCUT2D eigenvalue weighted by Crippen LogP contribution is -2.34. The summed E-state index contributed by atoms with van der Waals surface area (Å²) in [7, 11) is 0. The molecule has 0 spiro atoms. The Bertz CT molecular complexity index is 1110. The number of benzene rings is 3. The second-order valence-electron chi connectivity index (χ2n) is 8.87. The van der Waals surface area contributed by atoms with Crippen LogP contribution < -0.4 is 5.73 Å². The maximum atomic E-state index is 12.9. The van der Waals surface area contributed by atoms with Crippen molar-refractivity contribution in [2.75, 3.05) is 25.4 Å². The number of likely N-dealkylation sites (tertiary alicyclic amines) is 1. The second kappa shape index (κ2) is 6.36. The molecule has 30 heavy (non-hydrogen) atoms. The smallest absolute Gasteiger partial charge is 0.409 e. The molecule has 150 valence electrons. The van der Waals surface area contributed by atoms with Crippen molar-refractivity contribution in [2.24, 2.45) is 5.92 Å². The fraction of sp³-hybridized carbons (Fsp3) is 0.269. The van der Waals surface area contributed by atoms with Crippen molar-refractivity contribution in [2.45, 2.75) is 17.8 Å². The van der Waals surface area contributed by atoms with Gasteiger partial charge in [0, 0.05) is 30.1 Å². The molecule has 0 radical (unpaired) electrons. The molecule has 3 aromatic carbocycles. The van der Waals surface area contributed by atoms with E-state index in [1.165, 1.54) is 27.8 Å². The first-order valence-electron chi connectivity index (χ1n) is 10.6. The number of hydrogen-bond donors (Lipinski definition) is 1. The van der Waals surface area contributed by atoms with Crippen molar-refractivity contribution < 1.29 is 9.53 Å². The Morgan fingerprint density at radius 2 is 1.70 bits per heavy atom. The highest BCUT2D eigenvalue weighted by Gasteiger charge is 2.62. The number of hydrogen-bond acceptors (Lipinski definition) is 3. The van der Waals surface area contributed by atoms with Crippen LogP contribution >= 0.6 is 0 Å². The lowest BCUT2D eigenvalue weighted by molar-refractivity contribution is 0.103. The van der Waals surface area contributed by atoms with E-state index < -0.39 is 0 Å². The van der Waals surface area contributed by atoms with Crippen molar-refractivity contribution in [3.05, 3.63) is 89.5 Å². The van der Waals surface area contributed by atoms with Crippen LogP contribution in [0.1, 0.15) is 29.0 Å². The van der Waals surface area contributed by atoms with Crippen LogP contribution in [-0.4, -0.2) is 30.7 Å². The summed E-state index contributed by atoms with van der Waals surface area (Å²) in [6.07, 6.45) is 0.927. The fourth-order valence-corrected chi connectivity index (χ4v) is 5.60. The zero-order valence-electron chi connectivity index (χ0n) is 16.8. The second-order valence-corrected chi connectivity index (χ2v) is 8.87. The predicted octanol–water partition coefficient (Wildman–Crippen LogP) is 4.79. The van der Waals surface area contributed by atoms with Crippen LogP contribution in [0.5, 0.6) is 0 Å². The largest absolute Gasteiger partial charge is 0.448 e. The number of piperidine rings is 1. The average molecular weight is 396 g/mol. The van der Waals surface area contributed by atoms with Crippen LogP contribution in [0.3, 0.4) is 0 Å². The van der Waals surface area contributed by atoms with Crippen molar-refractivity contribution in [1.29, 1.82) is 0 Å². The molecule has 0 aromatic heterocycles. The van der Waals surface area contributed by atoms with E-state index >= 15 is 0 Å². The van der Waals surface area contributed by atoms with E-state index in [2.05, 4.69) is 60.7 Å². The summed E-state index contributed by atoms with van der Waals surface area (Å²) in [6, 6.07) is 25.0. The van der Waals surface area contributed by atoms with Crippen LogP contribution in [0, 0.1) is 5.92 Å². The Morgan fingerprint density at radius 3 is 2.40 bits per heavy atom. The maximum absolute atomic E-state index is 12.9. The first-order chi connectivity index (χ1) is 14.7. The van der Waals surface area contributed by atoms with E-state index in [1.807, 2.05) is 17.0 Å². The predicted molar refractivity (Wildman–Crippen MR) is 117 cm³/mol. The number of carbonyl (C=O) groups excluding carboxylic acids is 1. The number of nitrogen functional groups attached to an aromatic ring is 1. The van der Waals surface area contributed by atoms with Crippen molar-refractivity contribution >= 4 is 11.8 Å². The van der Waals surface area contributed by atoms with Gasteiger partial charge in [0.1, 0.15) is 6.61 Å². The Hall–Kier alpha value is -3.27. The fourth-order valence-electron chi connectivity index (χ4n) is 5.60. The topological polar surface area (TPSA) is 55.6 Å². The van der Waals surface area contributed by atoms with E-state index in [-0.39, 0.29) is 17.4 Å². The lowest BCUT2D eigenvalue weighted by Gasteiger charge is -2.22. The van der Waals surface area contributed by atoms with Gasteiger partial charge >= 0.3 is 6.09 Å². The monoisotopic (exact) mass is 396 g/mol. The van der Waals surface area contributed by atoms with Crippen LogP contribution in [0.2, 0.25) is 0 Å². The molecule has 2 fully saturated rings. The summed E-state index contributed by atoms with van der Waals surface area (Å²) in [5.74, 6) is 0.612. The van der Waals surface area contributed by atoms with Crippen LogP contribution in [0.15, 0.2) is 72.8 Å². The summed E-state index contributed by atoms with van der Waals surface area (Å²) < 4.78 is 5.86. The zero-order chi connectivity index (χ0) is 20.3. The van der Waals surface area contributed by atoms with Crippen molar-refractivity contribution in [1.82, 2.24) is 4.90 Å². The molecule has 4 heteroatoms. The van der Waals surface area contributed by atoms with Gasteiger partial charge in [0.2, 0.25) is 0 Å². The molecule has 1 saturated carbocycles. The molecule has 3 aliphatic rings. The number of carbonyl (C=O) groups is 1. The molecule has 4 nitrogen and oxygen atoms in total. The third-order valence-electron chi connectivity index (χ3n) is 7.20. The molecule has 6 rings (SSSR count). The molecular formula is C26H24N2O2. The molecule has 0 bridgehead atoms. The number of anilines is 1. The summed E-state index contributed by atoms with van der Waals surface area (Å²) in [5, 5.41) is 0. The van der Waals surface area contributed by atoms with Gasteiger partial charge in [-0.25, -0.2) is 4.79 Å². The van der Waals surface area contributed by atoms with Gasteiger partial charge < -0.3 is 15.4 Å². The van der Waals surface area contributed by atoms with Gasteiger partial charge in [0.25, 0.3) is 0 Å². The number of amides is 1. The standard InChI is InChI=1S/C26H24N2O2/c27-19-7-5-6-17(12-19)26-13-18(26)14-28(16-26)25(29)30-15-24-22-10-3-1-8-20(22)21-9-2-4-11-23(21)24/h1-12,18,24H,13-16,27H2. The SMILES string of the molecule is Nc1cccc(C23CC2CN(C(=O)OCC2c4ccccc4-c4ccccc42)C3)c1. The molecule has 1 heterocycles. The molecule has 1 saturated heterocycles. The van der Waals surface area contributed by atoms with Gasteiger partial charge in [-0.1, -0.05) is 60.7 Å². The Kier molecular flexibility index (Phi) is 3.73. The van der Waals surface area contributed by atoms with Gasteiger partial charge in [-0.15, -0.1) is 0 Å². The van der Waals surface area contributed by atoms with E-state index in [0.29, 0.717) is 12.5 Å². The highest BCUT2D eigenvalue weighted by Crippen LogP contribution is 2.59. The van der Waals surface area contributed by atoms with E-state index in [1.54, 1.807) is 0 Å². The van der Waals surface area contributed by atoms with Crippen LogP contribution in [0.4, 0.5) is 10.5 Å². The number of nitrogens with two attached hydrogens (primary N) is 1. The molecule has 2 N–H and O–H groups in total. The Morgan fingerprint density at radius 1 is 1.00 bits per heavy atom. The summed E-state index contributed by atoms with van der Waals surface area (Å²) >= 11 is 0. The van der Waals surface area contributed by atoms with E-state index in [4.69, 9.17) is 10.5 Å². The minimum absolute atomic E-state index is 0.0704. The molecule has 2 atom stereocenters. The number of nitrogens with zero attached hydrogens (tertiary/aromatic N) is 1. The quantitative estimate of drug-likeness (QED) is 0.648. The van der Waals surface area contributed by atoms with Crippen LogP contribution in [0.25, 0.3) is 11.1 Å². The third-order valence-corrected chi connectivity index (χ3v) is 7.20.